The number of carbonyl (C=O) groups is 1. The molecule has 1 aromatic carbocycles. The molecule has 1 atom stereocenters. The van der Waals surface area contributed by atoms with Crippen molar-refractivity contribution in [1.29, 1.82) is 0 Å². The molecule has 132 valence electrons. The largest absolute Gasteiger partial charge is 0.496 e. The lowest BCUT2D eigenvalue weighted by molar-refractivity contribution is -0.123. The Morgan fingerprint density at radius 2 is 1.92 bits per heavy atom. The van der Waals surface area contributed by atoms with E-state index in [2.05, 4.69) is 10.6 Å². The molecule has 1 saturated carbocycles. The van der Waals surface area contributed by atoms with E-state index in [1.54, 1.807) is 7.11 Å². The van der Waals surface area contributed by atoms with Crippen molar-refractivity contribution in [2.24, 2.45) is 0 Å². The van der Waals surface area contributed by atoms with Crippen LogP contribution in [0.2, 0.25) is 0 Å². The molecular weight excluding hydrogens is 308 g/mol. The number of hydrogen-bond donors (Lipinski definition) is 2. The first-order valence-electron chi connectivity index (χ1n) is 8.67. The topological polar surface area (TPSA) is 68.8 Å². The maximum atomic E-state index is 12.3. The maximum absolute atomic E-state index is 12.3. The third-order valence-electron chi connectivity index (χ3n) is 4.64. The number of hydrogen-bond acceptors (Lipinski definition) is 5. The molecule has 1 aromatic rings. The van der Waals surface area contributed by atoms with Crippen molar-refractivity contribution in [3.8, 4) is 17.2 Å². The first-order valence-corrected chi connectivity index (χ1v) is 8.67. The number of rotatable bonds is 6. The second-order valence-electron chi connectivity index (χ2n) is 6.40. The highest BCUT2D eigenvalue weighted by molar-refractivity contribution is 5.81. The number of carbonyl (C=O) groups excluding carboxylic acids is 1. The second-order valence-corrected chi connectivity index (χ2v) is 6.40. The third kappa shape index (κ3) is 3.93. The molecular formula is C18H26N2O4. The Labute approximate surface area is 142 Å². The number of methoxy groups -OCH3 is 1. The summed E-state index contributed by atoms with van der Waals surface area (Å²) in [4.78, 5) is 12.3. The van der Waals surface area contributed by atoms with Crippen LogP contribution in [0, 0.1) is 0 Å². The van der Waals surface area contributed by atoms with Crippen molar-refractivity contribution in [2.45, 2.75) is 51.2 Å². The lowest BCUT2D eigenvalue weighted by atomic mass is 10.1. The summed E-state index contributed by atoms with van der Waals surface area (Å²) in [6.07, 6.45) is 4.60. The van der Waals surface area contributed by atoms with Gasteiger partial charge in [-0.3, -0.25) is 4.79 Å². The lowest BCUT2D eigenvalue weighted by Crippen LogP contribution is -2.45. The van der Waals surface area contributed by atoms with Crippen molar-refractivity contribution in [1.82, 2.24) is 10.6 Å². The molecule has 1 aliphatic heterocycles. The predicted octanol–water partition coefficient (Wildman–Crippen LogP) is 2.00. The average Bonchev–Trinajstić information content (AvgIpc) is 3.11. The van der Waals surface area contributed by atoms with Crippen LogP contribution in [0.5, 0.6) is 17.2 Å². The van der Waals surface area contributed by atoms with E-state index in [-0.39, 0.29) is 11.9 Å². The lowest BCUT2D eigenvalue weighted by Gasteiger charge is -2.22. The molecule has 2 N–H and O–H groups in total. The molecule has 6 heteroatoms. The van der Waals surface area contributed by atoms with Crippen LogP contribution in [-0.2, 0) is 11.3 Å². The van der Waals surface area contributed by atoms with Crippen LogP contribution in [0.1, 0.15) is 38.2 Å². The molecule has 3 rings (SSSR count). The molecule has 2 aliphatic rings. The Bertz CT molecular complexity index is 585. The molecule has 1 unspecified atom stereocenters. The van der Waals surface area contributed by atoms with E-state index in [9.17, 15) is 4.79 Å². The monoisotopic (exact) mass is 334 g/mol. The normalized spacial score (nSPS) is 18.2. The highest BCUT2D eigenvalue weighted by atomic mass is 16.6. The minimum atomic E-state index is -0.261. The van der Waals surface area contributed by atoms with E-state index in [1.165, 1.54) is 12.8 Å². The third-order valence-corrected chi connectivity index (χ3v) is 4.64. The summed E-state index contributed by atoms with van der Waals surface area (Å²) in [6, 6.07) is 3.84. The van der Waals surface area contributed by atoms with Crippen molar-refractivity contribution in [2.75, 3.05) is 20.3 Å². The molecule has 1 fully saturated rings. The Morgan fingerprint density at radius 1 is 1.25 bits per heavy atom. The van der Waals surface area contributed by atoms with Gasteiger partial charge in [0.05, 0.1) is 13.2 Å². The zero-order valence-corrected chi connectivity index (χ0v) is 14.4. The van der Waals surface area contributed by atoms with Gasteiger partial charge in [-0.25, -0.2) is 0 Å². The van der Waals surface area contributed by atoms with Gasteiger partial charge in [0.2, 0.25) is 5.91 Å². The van der Waals surface area contributed by atoms with Crippen molar-refractivity contribution in [3.63, 3.8) is 0 Å². The van der Waals surface area contributed by atoms with Crippen LogP contribution >= 0.6 is 0 Å². The molecule has 1 heterocycles. The number of fused-ring (bicyclic) bond motifs is 1. The van der Waals surface area contributed by atoms with Gasteiger partial charge in [0.1, 0.15) is 19.0 Å². The minimum Gasteiger partial charge on any atom is -0.496 e. The molecule has 0 saturated heterocycles. The Kier molecular flexibility index (Phi) is 5.45. The molecule has 6 nitrogen and oxygen atoms in total. The van der Waals surface area contributed by atoms with E-state index in [1.807, 2.05) is 19.1 Å². The van der Waals surface area contributed by atoms with Gasteiger partial charge in [0.15, 0.2) is 11.5 Å². The first kappa shape index (κ1) is 16.9. The quantitative estimate of drug-likeness (QED) is 0.833. The van der Waals surface area contributed by atoms with Crippen LogP contribution in [0.25, 0.3) is 0 Å². The summed E-state index contributed by atoms with van der Waals surface area (Å²) in [5.74, 6) is 2.21. The molecule has 0 radical (unpaired) electrons. The van der Waals surface area contributed by atoms with Gasteiger partial charge in [-0.05, 0) is 25.8 Å². The minimum absolute atomic E-state index is 0.0541. The Hall–Kier alpha value is -1.95. The highest BCUT2D eigenvalue weighted by Gasteiger charge is 2.21. The SMILES string of the molecule is COc1cc2c(cc1CNC(C)C(=O)NC1CCCC1)OCCO2. The molecule has 1 aliphatic carbocycles. The molecule has 0 bridgehead atoms. The standard InChI is InChI=1S/C18H26N2O4/c1-12(18(21)20-14-5-3-4-6-14)19-11-13-9-16-17(10-15(13)22-2)24-8-7-23-16/h9-10,12,14,19H,3-8,11H2,1-2H3,(H,20,21). The van der Waals surface area contributed by atoms with Crippen LogP contribution in [-0.4, -0.2) is 38.3 Å². The van der Waals surface area contributed by atoms with Crippen LogP contribution < -0.4 is 24.8 Å². The second kappa shape index (κ2) is 7.75. The summed E-state index contributed by atoms with van der Waals surface area (Å²) in [5, 5.41) is 6.38. The zero-order valence-electron chi connectivity index (χ0n) is 14.4. The van der Waals surface area contributed by atoms with Crippen LogP contribution in [0.3, 0.4) is 0 Å². The number of amides is 1. The Morgan fingerprint density at radius 3 is 2.58 bits per heavy atom. The molecule has 0 aromatic heterocycles. The molecule has 1 amide bonds. The Balaban J connectivity index is 1.59. The fourth-order valence-corrected chi connectivity index (χ4v) is 3.19. The highest BCUT2D eigenvalue weighted by Crippen LogP contribution is 2.36. The van der Waals surface area contributed by atoms with Gasteiger partial charge in [-0.1, -0.05) is 12.8 Å². The summed E-state index contributed by atoms with van der Waals surface area (Å²) >= 11 is 0. The number of ether oxygens (including phenoxy) is 3. The predicted molar refractivity (Wildman–Crippen MR) is 90.7 cm³/mol. The van der Waals surface area contributed by atoms with Crippen molar-refractivity contribution >= 4 is 5.91 Å². The van der Waals surface area contributed by atoms with E-state index < -0.39 is 0 Å². The van der Waals surface area contributed by atoms with Gasteiger partial charge >= 0.3 is 0 Å². The van der Waals surface area contributed by atoms with E-state index in [0.717, 1.165) is 29.9 Å². The smallest absolute Gasteiger partial charge is 0.237 e. The summed E-state index contributed by atoms with van der Waals surface area (Å²) < 4.78 is 16.6. The summed E-state index contributed by atoms with van der Waals surface area (Å²) in [5.41, 5.74) is 0.947. The van der Waals surface area contributed by atoms with Gasteiger partial charge in [-0.15, -0.1) is 0 Å². The number of benzene rings is 1. The van der Waals surface area contributed by atoms with Gasteiger partial charge in [0, 0.05) is 24.2 Å². The number of nitrogens with one attached hydrogen (secondary N) is 2. The van der Waals surface area contributed by atoms with Gasteiger partial charge < -0.3 is 24.8 Å². The summed E-state index contributed by atoms with van der Waals surface area (Å²) in [7, 11) is 1.63. The van der Waals surface area contributed by atoms with Crippen LogP contribution in [0.15, 0.2) is 12.1 Å². The average molecular weight is 334 g/mol. The van der Waals surface area contributed by atoms with E-state index >= 15 is 0 Å². The fraction of sp³-hybridized carbons (Fsp3) is 0.611. The van der Waals surface area contributed by atoms with Crippen molar-refractivity contribution in [3.05, 3.63) is 17.7 Å². The molecule has 24 heavy (non-hydrogen) atoms. The van der Waals surface area contributed by atoms with E-state index in [0.29, 0.717) is 31.5 Å². The zero-order chi connectivity index (χ0) is 16.9. The van der Waals surface area contributed by atoms with Gasteiger partial charge in [-0.2, -0.15) is 0 Å². The first-order chi connectivity index (χ1) is 11.7. The van der Waals surface area contributed by atoms with E-state index in [4.69, 9.17) is 14.2 Å². The summed E-state index contributed by atoms with van der Waals surface area (Å²) in [6.45, 7) is 3.51. The maximum Gasteiger partial charge on any atom is 0.237 e. The fourth-order valence-electron chi connectivity index (χ4n) is 3.19. The molecule has 0 spiro atoms. The van der Waals surface area contributed by atoms with Crippen molar-refractivity contribution < 1.29 is 19.0 Å². The van der Waals surface area contributed by atoms with Gasteiger partial charge in [0.25, 0.3) is 0 Å². The van der Waals surface area contributed by atoms with Crippen LogP contribution in [0.4, 0.5) is 0 Å².